The molecule has 0 bridgehead atoms. The van der Waals surface area contributed by atoms with E-state index in [4.69, 9.17) is 23.2 Å². The number of non-ortho nitro benzene ring substituents is 1. The Bertz CT molecular complexity index is 602. The molecule has 0 aliphatic heterocycles. The highest BCUT2D eigenvalue weighted by Crippen LogP contribution is 2.23. The highest BCUT2D eigenvalue weighted by molar-refractivity contribution is 6.35. The molecule has 0 unspecified atom stereocenters. The number of hydrogen-bond acceptors (Lipinski definition) is 4. The van der Waals surface area contributed by atoms with E-state index < -0.39 is 4.92 Å². The molecule has 1 aromatic carbocycles. The van der Waals surface area contributed by atoms with E-state index in [2.05, 4.69) is 10.3 Å². The number of anilines is 1. The van der Waals surface area contributed by atoms with Gasteiger partial charge >= 0.3 is 0 Å². The second-order valence-electron chi connectivity index (χ2n) is 3.76. The Labute approximate surface area is 119 Å². The molecular weight excluding hydrogens is 289 g/mol. The molecule has 98 valence electrons. The molecule has 0 spiro atoms. The van der Waals surface area contributed by atoms with Crippen molar-refractivity contribution in [2.24, 2.45) is 0 Å². The molecule has 0 radical (unpaired) electrons. The molecule has 1 aromatic heterocycles. The van der Waals surface area contributed by atoms with Crippen LogP contribution >= 0.6 is 23.2 Å². The summed E-state index contributed by atoms with van der Waals surface area (Å²) in [5.41, 5.74) is 0.949. The standard InChI is InChI=1S/C12H9Cl2N3O2/c13-9-5-11(14)12(16-7-9)15-6-8-1-3-10(4-2-8)17(18)19/h1-5,7H,6H2,(H,15,16). The molecule has 0 amide bonds. The number of halogens is 2. The van der Waals surface area contributed by atoms with Gasteiger partial charge in [0, 0.05) is 24.9 Å². The summed E-state index contributed by atoms with van der Waals surface area (Å²) in [4.78, 5) is 14.1. The summed E-state index contributed by atoms with van der Waals surface area (Å²) in [6.07, 6.45) is 1.49. The van der Waals surface area contributed by atoms with Gasteiger partial charge in [0.1, 0.15) is 5.82 Å². The number of nitro benzene ring substituents is 1. The van der Waals surface area contributed by atoms with Crippen LogP contribution in [0.25, 0.3) is 0 Å². The fraction of sp³-hybridized carbons (Fsp3) is 0.0833. The fourth-order valence-corrected chi connectivity index (χ4v) is 1.91. The monoisotopic (exact) mass is 297 g/mol. The summed E-state index contributed by atoms with van der Waals surface area (Å²) in [5, 5.41) is 14.4. The van der Waals surface area contributed by atoms with Crippen molar-refractivity contribution in [1.82, 2.24) is 4.98 Å². The van der Waals surface area contributed by atoms with Crippen molar-refractivity contribution in [3.05, 3.63) is 62.3 Å². The van der Waals surface area contributed by atoms with Gasteiger partial charge in [0.25, 0.3) is 5.69 Å². The molecule has 0 fully saturated rings. The summed E-state index contributed by atoms with van der Waals surface area (Å²) in [7, 11) is 0. The molecule has 0 atom stereocenters. The Balaban J connectivity index is 2.04. The van der Waals surface area contributed by atoms with E-state index in [0.717, 1.165) is 5.56 Å². The van der Waals surface area contributed by atoms with Crippen LogP contribution in [0.5, 0.6) is 0 Å². The lowest BCUT2D eigenvalue weighted by Gasteiger charge is -2.07. The first-order valence-electron chi connectivity index (χ1n) is 5.34. The number of pyridine rings is 1. The van der Waals surface area contributed by atoms with Crippen LogP contribution in [0.15, 0.2) is 36.5 Å². The average molecular weight is 298 g/mol. The Morgan fingerprint density at radius 3 is 2.53 bits per heavy atom. The van der Waals surface area contributed by atoms with Crippen molar-refractivity contribution in [2.75, 3.05) is 5.32 Å². The van der Waals surface area contributed by atoms with Crippen molar-refractivity contribution in [1.29, 1.82) is 0 Å². The Hall–Kier alpha value is -1.85. The fourth-order valence-electron chi connectivity index (χ4n) is 1.47. The SMILES string of the molecule is O=[N+]([O-])c1ccc(CNc2ncc(Cl)cc2Cl)cc1. The number of rotatable bonds is 4. The molecule has 5 nitrogen and oxygen atoms in total. The highest BCUT2D eigenvalue weighted by atomic mass is 35.5. The van der Waals surface area contributed by atoms with Crippen LogP contribution in [-0.2, 0) is 6.54 Å². The zero-order chi connectivity index (χ0) is 13.8. The van der Waals surface area contributed by atoms with Crippen molar-refractivity contribution >= 4 is 34.7 Å². The molecule has 0 aliphatic rings. The van der Waals surface area contributed by atoms with Crippen LogP contribution in [0.4, 0.5) is 11.5 Å². The summed E-state index contributed by atoms with van der Waals surface area (Å²) in [6.45, 7) is 0.465. The number of nitrogens with zero attached hydrogens (tertiary/aromatic N) is 2. The minimum Gasteiger partial charge on any atom is -0.365 e. The van der Waals surface area contributed by atoms with Crippen molar-refractivity contribution in [3.63, 3.8) is 0 Å². The van der Waals surface area contributed by atoms with Gasteiger partial charge in [-0.1, -0.05) is 35.3 Å². The Morgan fingerprint density at radius 2 is 1.95 bits per heavy atom. The first kappa shape index (κ1) is 13.6. The van der Waals surface area contributed by atoms with E-state index in [1.165, 1.54) is 18.3 Å². The molecule has 1 heterocycles. The van der Waals surface area contributed by atoms with E-state index in [1.807, 2.05) is 0 Å². The van der Waals surface area contributed by atoms with Crippen molar-refractivity contribution < 1.29 is 4.92 Å². The summed E-state index contributed by atoms with van der Waals surface area (Å²) in [6, 6.07) is 7.85. The maximum atomic E-state index is 10.5. The molecular formula is C12H9Cl2N3O2. The van der Waals surface area contributed by atoms with Crippen molar-refractivity contribution in [3.8, 4) is 0 Å². The minimum atomic E-state index is -0.436. The topological polar surface area (TPSA) is 68.1 Å². The van der Waals surface area contributed by atoms with E-state index in [-0.39, 0.29) is 5.69 Å². The second-order valence-corrected chi connectivity index (χ2v) is 4.60. The van der Waals surface area contributed by atoms with Gasteiger partial charge in [-0.3, -0.25) is 10.1 Å². The first-order chi connectivity index (χ1) is 9.06. The molecule has 7 heteroatoms. The summed E-state index contributed by atoms with van der Waals surface area (Å²) >= 11 is 11.7. The smallest absolute Gasteiger partial charge is 0.269 e. The average Bonchev–Trinajstić information content (AvgIpc) is 2.38. The van der Waals surface area contributed by atoms with E-state index in [0.29, 0.717) is 22.4 Å². The third-order valence-electron chi connectivity index (χ3n) is 2.41. The van der Waals surface area contributed by atoms with Crippen LogP contribution in [0.2, 0.25) is 10.0 Å². The van der Waals surface area contributed by atoms with Crippen LogP contribution in [0, 0.1) is 10.1 Å². The van der Waals surface area contributed by atoms with Crippen LogP contribution in [0.1, 0.15) is 5.56 Å². The molecule has 0 aliphatic carbocycles. The predicted molar refractivity (Wildman–Crippen MR) is 74.7 cm³/mol. The van der Waals surface area contributed by atoms with E-state index in [9.17, 15) is 10.1 Å². The first-order valence-corrected chi connectivity index (χ1v) is 6.10. The zero-order valence-corrected chi connectivity index (χ0v) is 11.1. The number of nitro groups is 1. The molecule has 2 rings (SSSR count). The lowest BCUT2D eigenvalue weighted by atomic mass is 10.2. The van der Waals surface area contributed by atoms with Crippen LogP contribution in [-0.4, -0.2) is 9.91 Å². The Kier molecular flexibility index (Phi) is 4.19. The van der Waals surface area contributed by atoms with Gasteiger partial charge in [-0.05, 0) is 11.6 Å². The van der Waals surface area contributed by atoms with Gasteiger partial charge in [0.2, 0.25) is 0 Å². The lowest BCUT2D eigenvalue weighted by molar-refractivity contribution is -0.384. The number of nitrogens with one attached hydrogen (secondary N) is 1. The van der Waals surface area contributed by atoms with Crippen molar-refractivity contribution in [2.45, 2.75) is 6.54 Å². The van der Waals surface area contributed by atoms with Crippen LogP contribution < -0.4 is 5.32 Å². The summed E-state index contributed by atoms with van der Waals surface area (Å²) in [5.74, 6) is 0.518. The van der Waals surface area contributed by atoms with E-state index >= 15 is 0 Å². The number of hydrogen-bond donors (Lipinski definition) is 1. The molecule has 2 aromatic rings. The molecule has 0 saturated heterocycles. The van der Waals surface area contributed by atoms with Crippen LogP contribution in [0.3, 0.4) is 0 Å². The number of aromatic nitrogens is 1. The third-order valence-corrected chi connectivity index (χ3v) is 2.91. The summed E-state index contributed by atoms with van der Waals surface area (Å²) < 4.78 is 0. The quantitative estimate of drug-likeness (QED) is 0.686. The van der Waals surface area contributed by atoms with Gasteiger partial charge in [-0.25, -0.2) is 4.98 Å². The van der Waals surface area contributed by atoms with Gasteiger partial charge in [0.05, 0.1) is 15.0 Å². The van der Waals surface area contributed by atoms with Gasteiger partial charge in [-0.15, -0.1) is 0 Å². The zero-order valence-electron chi connectivity index (χ0n) is 9.64. The van der Waals surface area contributed by atoms with E-state index in [1.54, 1.807) is 18.2 Å². The molecule has 1 N–H and O–H groups in total. The molecule has 0 saturated carbocycles. The maximum Gasteiger partial charge on any atom is 0.269 e. The second kappa shape index (κ2) is 5.86. The highest BCUT2D eigenvalue weighted by Gasteiger charge is 2.05. The third kappa shape index (κ3) is 3.56. The largest absolute Gasteiger partial charge is 0.365 e. The Morgan fingerprint density at radius 1 is 1.26 bits per heavy atom. The lowest BCUT2D eigenvalue weighted by Crippen LogP contribution is -2.02. The molecule has 19 heavy (non-hydrogen) atoms. The van der Waals surface area contributed by atoms with Gasteiger partial charge in [0.15, 0.2) is 0 Å². The normalized spacial score (nSPS) is 10.2. The number of benzene rings is 1. The minimum absolute atomic E-state index is 0.0615. The van der Waals surface area contributed by atoms with Gasteiger partial charge < -0.3 is 5.32 Å². The predicted octanol–water partition coefficient (Wildman–Crippen LogP) is 3.91. The maximum absolute atomic E-state index is 10.5. The van der Waals surface area contributed by atoms with Gasteiger partial charge in [-0.2, -0.15) is 0 Å².